The third kappa shape index (κ3) is 2.04. The molecule has 2 rings (SSSR count). The van der Waals surface area contributed by atoms with Crippen LogP contribution in [-0.2, 0) is 0 Å². The summed E-state index contributed by atoms with van der Waals surface area (Å²) >= 11 is 0. The van der Waals surface area contributed by atoms with Gasteiger partial charge in [0.2, 0.25) is 0 Å². The van der Waals surface area contributed by atoms with Crippen LogP contribution in [0.25, 0.3) is 0 Å². The molecule has 1 aliphatic rings. The average molecular weight is 202 g/mol. The van der Waals surface area contributed by atoms with E-state index in [-0.39, 0.29) is 0 Å². The van der Waals surface area contributed by atoms with E-state index in [1.165, 1.54) is 11.1 Å². The van der Waals surface area contributed by atoms with E-state index in [9.17, 15) is 0 Å². The van der Waals surface area contributed by atoms with Gasteiger partial charge in [-0.15, -0.1) is 0 Å². The van der Waals surface area contributed by atoms with E-state index in [1.54, 1.807) is 0 Å². The summed E-state index contributed by atoms with van der Waals surface area (Å²) in [5.74, 6) is 1.61. The van der Waals surface area contributed by atoms with Crippen LogP contribution in [0, 0.1) is 0 Å². The molecule has 1 aromatic carbocycles. The smallest absolute Gasteiger partial charge is 0.128 e. The van der Waals surface area contributed by atoms with Gasteiger partial charge < -0.3 is 5.32 Å². The van der Waals surface area contributed by atoms with Crippen LogP contribution in [-0.4, -0.2) is 18.4 Å². The Balaban J connectivity index is 2.36. The van der Waals surface area contributed by atoms with Crippen LogP contribution < -0.4 is 5.32 Å². The molecule has 0 radical (unpaired) electrons. The zero-order valence-corrected chi connectivity index (χ0v) is 9.62. The molecular weight excluding hydrogens is 184 g/mol. The molecule has 0 aliphatic carbocycles. The maximum absolute atomic E-state index is 4.54. The SMILES string of the molecule is CC1CN=C(c2ccccc2C(C)C)N1. The quantitative estimate of drug-likeness (QED) is 0.783. The molecule has 2 heteroatoms. The summed E-state index contributed by atoms with van der Waals surface area (Å²) in [6.07, 6.45) is 0. The van der Waals surface area contributed by atoms with Crippen molar-refractivity contribution in [3.8, 4) is 0 Å². The predicted molar refractivity (Wildman–Crippen MR) is 64.5 cm³/mol. The van der Waals surface area contributed by atoms with Gasteiger partial charge in [-0.05, 0) is 18.4 Å². The number of rotatable bonds is 2. The molecule has 0 bridgehead atoms. The summed E-state index contributed by atoms with van der Waals surface area (Å²) in [5, 5.41) is 3.42. The predicted octanol–water partition coefficient (Wildman–Crippen LogP) is 2.55. The number of aliphatic imine (C=N–C) groups is 1. The van der Waals surface area contributed by atoms with E-state index in [1.807, 2.05) is 0 Å². The zero-order valence-electron chi connectivity index (χ0n) is 9.62. The van der Waals surface area contributed by atoms with Gasteiger partial charge in [0.25, 0.3) is 0 Å². The minimum Gasteiger partial charge on any atom is -0.366 e. The van der Waals surface area contributed by atoms with Crippen LogP contribution >= 0.6 is 0 Å². The van der Waals surface area contributed by atoms with Crippen LogP contribution in [0.3, 0.4) is 0 Å². The summed E-state index contributed by atoms with van der Waals surface area (Å²) in [4.78, 5) is 4.54. The zero-order chi connectivity index (χ0) is 10.8. The minimum atomic E-state index is 0.472. The van der Waals surface area contributed by atoms with Gasteiger partial charge in [-0.3, -0.25) is 4.99 Å². The Labute approximate surface area is 91.4 Å². The second-order valence-electron chi connectivity index (χ2n) is 4.48. The van der Waals surface area contributed by atoms with Gasteiger partial charge in [-0.2, -0.15) is 0 Å². The number of amidine groups is 1. The maximum atomic E-state index is 4.54. The highest BCUT2D eigenvalue weighted by Gasteiger charge is 2.17. The first-order valence-corrected chi connectivity index (χ1v) is 5.58. The fourth-order valence-electron chi connectivity index (χ4n) is 1.93. The van der Waals surface area contributed by atoms with Crippen LogP contribution in [0.4, 0.5) is 0 Å². The van der Waals surface area contributed by atoms with E-state index in [0.29, 0.717) is 12.0 Å². The highest BCUT2D eigenvalue weighted by Crippen LogP contribution is 2.20. The number of nitrogens with one attached hydrogen (secondary N) is 1. The summed E-state index contributed by atoms with van der Waals surface area (Å²) in [5.41, 5.74) is 2.63. The van der Waals surface area contributed by atoms with Crippen molar-refractivity contribution in [3.05, 3.63) is 35.4 Å². The Kier molecular flexibility index (Phi) is 2.76. The highest BCUT2D eigenvalue weighted by molar-refractivity contribution is 6.01. The second-order valence-corrected chi connectivity index (χ2v) is 4.48. The second kappa shape index (κ2) is 4.05. The van der Waals surface area contributed by atoms with Crippen molar-refractivity contribution in [2.24, 2.45) is 4.99 Å². The molecule has 0 saturated heterocycles. The molecule has 0 spiro atoms. The number of nitrogens with zero attached hydrogens (tertiary/aromatic N) is 1. The Morgan fingerprint density at radius 3 is 2.67 bits per heavy atom. The molecule has 1 unspecified atom stereocenters. The Hall–Kier alpha value is -1.31. The van der Waals surface area contributed by atoms with Crippen molar-refractivity contribution < 1.29 is 0 Å². The third-order valence-corrected chi connectivity index (χ3v) is 2.74. The average Bonchev–Trinajstić information content (AvgIpc) is 2.65. The lowest BCUT2D eigenvalue weighted by Crippen LogP contribution is -2.28. The normalized spacial score (nSPS) is 20.3. The van der Waals surface area contributed by atoms with Gasteiger partial charge in [-0.1, -0.05) is 38.1 Å². The number of hydrogen-bond acceptors (Lipinski definition) is 2. The lowest BCUT2D eigenvalue weighted by Gasteiger charge is -2.13. The maximum Gasteiger partial charge on any atom is 0.128 e. The molecule has 1 atom stereocenters. The number of benzene rings is 1. The first-order valence-electron chi connectivity index (χ1n) is 5.58. The van der Waals surface area contributed by atoms with Gasteiger partial charge in [0, 0.05) is 11.6 Å². The molecule has 1 aromatic rings. The summed E-state index contributed by atoms with van der Waals surface area (Å²) in [6.45, 7) is 7.49. The Morgan fingerprint density at radius 2 is 2.07 bits per heavy atom. The van der Waals surface area contributed by atoms with Crippen molar-refractivity contribution in [1.82, 2.24) is 5.32 Å². The molecule has 0 saturated carbocycles. The number of hydrogen-bond donors (Lipinski definition) is 1. The molecule has 15 heavy (non-hydrogen) atoms. The standard InChI is InChI=1S/C13H18N2/c1-9(2)11-6-4-5-7-12(11)13-14-8-10(3)15-13/h4-7,9-10H,8H2,1-3H3,(H,14,15). The van der Waals surface area contributed by atoms with Crippen LogP contribution in [0.15, 0.2) is 29.3 Å². The van der Waals surface area contributed by atoms with Gasteiger partial charge in [0.1, 0.15) is 5.84 Å². The lowest BCUT2D eigenvalue weighted by atomic mass is 9.96. The van der Waals surface area contributed by atoms with E-state index >= 15 is 0 Å². The minimum absolute atomic E-state index is 0.472. The van der Waals surface area contributed by atoms with Crippen molar-refractivity contribution in [3.63, 3.8) is 0 Å². The summed E-state index contributed by atoms with van der Waals surface area (Å²) < 4.78 is 0. The molecule has 0 amide bonds. The van der Waals surface area contributed by atoms with E-state index in [0.717, 1.165) is 12.4 Å². The van der Waals surface area contributed by atoms with Crippen molar-refractivity contribution in [1.29, 1.82) is 0 Å². The molecular formula is C13H18N2. The lowest BCUT2D eigenvalue weighted by molar-refractivity contribution is 0.725. The van der Waals surface area contributed by atoms with Gasteiger partial charge >= 0.3 is 0 Å². The summed E-state index contributed by atoms with van der Waals surface area (Å²) in [6, 6.07) is 8.98. The van der Waals surface area contributed by atoms with Crippen molar-refractivity contribution in [2.75, 3.05) is 6.54 Å². The van der Waals surface area contributed by atoms with Gasteiger partial charge in [0.05, 0.1) is 6.54 Å². The third-order valence-electron chi connectivity index (χ3n) is 2.74. The first kappa shape index (κ1) is 10.2. The monoisotopic (exact) mass is 202 g/mol. The fourth-order valence-corrected chi connectivity index (χ4v) is 1.93. The van der Waals surface area contributed by atoms with Gasteiger partial charge in [0.15, 0.2) is 0 Å². The molecule has 0 aromatic heterocycles. The topological polar surface area (TPSA) is 24.4 Å². The molecule has 1 aliphatic heterocycles. The Morgan fingerprint density at radius 1 is 1.33 bits per heavy atom. The molecule has 0 fully saturated rings. The van der Waals surface area contributed by atoms with Crippen molar-refractivity contribution >= 4 is 5.84 Å². The fraction of sp³-hybridized carbons (Fsp3) is 0.462. The Bertz CT molecular complexity index is 380. The molecule has 1 N–H and O–H groups in total. The molecule has 80 valence electrons. The van der Waals surface area contributed by atoms with Crippen LogP contribution in [0.5, 0.6) is 0 Å². The molecule has 2 nitrogen and oxygen atoms in total. The molecule has 1 heterocycles. The van der Waals surface area contributed by atoms with E-state index in [4.69, 9.17) is 0 Å². The van der Waals surface area contributed by atoms with Gasteiger partial charge in [-0.25, -0.2) is 0 Å². The summed E-state index contributed by atoms with van der Waals surface area (Å²) in [7, 11) is 0. The van der Waals surface area contributed by atoms with Crippen LogP contribution in [0.2, 0.25) is 0 Å². The van der Waals surface area contributed by atoms with Crippen molar-refractivity contribution in [2.45, 2.75) is 32.7 Å². The van der Waals surface area contributed by atoms with E-state index < -0.39 is 0 Å². The highest BCUT2D eigenvalue weighted by atomic mass is 15.1. The first-order chi connectivity index (χ1) is 7.18. The van der Waals surface area contributed by atoms with E-state index in [2.05, 4.69) is 55.3 Å². The van der Waals surface area contributed by atoms with Crippen LogP contribution in [0.1, 0.15) is 37.8 Å². The largest absolute Gasteiger partial charge is 0.366 e.